The van der Waals surface area contributed by atoms with E-state index in [1.165, 1.54) is 12.1 Å². The largest absolute Gasteiger partial charge is 0.418 e. The minimum absolute atomic E-state index is 0.163. The molecule has 0 aromatic heterocycles. The second-order valence-corrected chi connectivity index (χ2v) is 4.30. The Bertz CT molecular complexity index is 325. The Kier molecular flexibility index (Phi) is 4.99. The Labute approximate surface area is 97.4 Å². The number of anilines is 1. The van der Waals surface area contributed by atoms with Crippen molar-refractivity contribution < 1.29 is 13.2 Å². The molecule has 0 fully saturated rings. The molecule has 1 N–H and O–H groups in total. The molecule has 1 rings (SSSR count). The number of benzene rings is 1. The molecule has 0 spiro atoms. The Morgan fingerprint density at radius 2 is 1.94 bits per heavy atom. The first-order chi connectivity index (χ1) is 7.55. The predicted octanol–water partition coefficient (Wildman–Crippen LogP) is 3.87. The molecule has 0 atom stereocenters. The third-order valence-electron chi connectivity index (χ3n) is 2.07. The van der Waals surface area contributed by atoms with Gasteiger partial charge in [0.1, 0.15) is 0 Å². The topological polar surface area (TPSA) is 12.0 Å². The summed E-state index contributed by atoms with van der Waals surface area (Å²) in [6, 6.07) is 5.56. The molecule has 0 radical (unpaired) electrons. The summed E-state index contributed by atoms with van der Waals surface area (Å²) < 4.78 is 37.7. The van der Waals surface area contributed by atoms with Crippen LogP contribution in [-0.4, -0.2) is 18.6 Å². The van der Waals surface area contributed by atoms with Crippen LogP contribution in [-0.2, 0) is 6.18 Å². The van der Waals surface area contributed by atoms with Gasteiger partial charge in [-0.15, -0.1) is 0 Å². The fourth-order valence-electron chi connectivity index (χ4n) is 1.32. The number of hydrogen-bond donors (Lipinski definition) is 1. The highest BCUT2D eigenvalue weighted by Gasteiger charge is 2.32. The molecule has 0 aliphatic carbocycles. The van der Waals surface area contributed by atoms with Crippen molar-refractivity contribution in [3.8, 4) is 0 Å². The third kappa shape index (κ3) is 3.96. The fourth-order valence-corrected chi connectivity index (χ4v) is 1.76. The second-order valence-electron chi connectivity index (χ2n) is 3.32. The summed E-state index contributed by atoms with van der Waals surface area (Å²) in [6.07, 6.45) is -1.46. The molecule has 0 amide bonds. The molecule has 16 heavy (non-hydrogen) atoms. The summed E-state index contributed by atoms with van der Waals surface area (Å²) in [5.41, 5.74) is -0.435. The molecule has 0 saturated carbocycles. The van der Waals surface area contributed by atoms with Crippen LogP contribution in [0.5, 0.6) is 0 Å². The van der Waals surface area contributed by atoms with Crippen molar-refractivity contribution in [1.29, 1.82) is 0 Å². The molecular formula is C11H14F3NS. The molecule has 0 saturated heterocycles. The number of nitrogens with one attached hydrogen (secondary N) is 1. The quantitative estimate of drug-likeness (QED) is 0.795. The van der Waals surface area contributed by atoms with E-state index >= 15 is 0 Å². The average molecular weight is 249 g/mol. The molecule has 0 aliphatic heterocycles. The van der Waals surface area contributed by atoms with Crippen molar-refractivity contribution in [2.75, 3.05) is 23.9 Å². The number of halogens is 3. The van der Waals surface area contributed by atoms with Crippen LogP contribution in [0.1, 0.15) is 12.0 Å². The van der Waals surface area contributed by atoms with E-state index in [2.05, 4.69) is 5.32 Å². The first kappa shape index (κ1) is 13.2. The lowest BCUT2D eigenvalue weighted by molar-refractivity contribution is -0.136. The molecule has 1 aromatic rings. The lowest BCUT2D eigenvalue weighted by atomic mass is 10.1. The van der Waals surface area contributed by atoms with Crippen LogP contribution in [0.25, 0.3) is 0 Å². The van der Waals surface area contributed by atoms with Gasteiger partial charge in [0.2, 0.25) is 0 Å². The van der Waals surface area contributed by atoms with Crippen LogP contribution in [0.15, 0.2) is 24.3 Å². The standard InChI is InChI=1S/C11H14F3NS/c1-16-8-4-7-15-10-6-3-2-5-9(10)11(12,13)14/h2-3,5-6,15H,4,7-8H2,1H3. The van der Waals surface area contributed by atoms with Crippen LogP contribution in [0.4, 0.5) is 18.9 Å². The molecule has 90 valence electrons. The van der Waals surface area contributed by atoms with Gasteiger partial charge >= 0.3 is 6.18 Å². The van der Waals surface area contributed by atoms with Gasteiger partial charge in [-0.25, -0.2) is 0 Å². The first-order valence-corrected chi connectivity index (χ1v) is 6.34. The molecule has 1 nitrogen and oxygen atoms in total. The summed E-state index contributed by atoms with van der Waals surface area (Å²) in [6.45, 7) is 0.563. The highest BCUT2D eigenvalue weighted by molar-refractivity contribution is 7.98. The number of hydrogen-bond acceptors (Lipinski definition) is 2. The zero-order chi connectivity index (χ0) is 12.0. The van der Waals surface area contributed by atoms with Crippen LogP contribution in [0, 0.1) is 0 Å². The van der Waals surface area contributed by atoms with Gasteiger partial charge in [-0.3, -0.25) is 0 Å². The van der Waals surface area contributed by atoms with Crippen molar-refractivity contribution >= 4 is 17.4 Å². The normalized spacial score (nSPS) is 11.5. The lowest BCUT2D eigenvalue weighted by Gasteiger charge is -2.13. The Morgan fingerprint density at radius 3 is 2.56 bits per heavy atom. The van der Waals surface area contributed by atoms with Gasteiger partial charge in [0, 0.05) is 12.2 Å². The van der Waals surface area contributed by atoms with Crippen molar-refractivity contribution in [2.45, 2.75) is 12.6 Å². The maximum absolute atomic E-state index is 12.6. The van der Waals surface area contributed by atoms with Gasteiger partial charge < -0.3 is 5.32 Å². The SMILES string of the molecule is CSCCCNc1ccccc1C(F)(F)F. The summed E-state index contributed by atoms with van der Waals surface area (Å²) in [4.78, 5) is 0. The lowest BCUT2D eigenvalue weighted by Crippen LogP contribution is -2.11. The maximum Gasteiger partial charge on any atom is 0.418 e. The van der Waals surface area contributed by atoms with E-state index in [0.29, 0.717) is 6.54 Å². The van der Waals surface area contributed by atoms with Gasteiger partial charge in [-0.1, -0.05) is 12.1 Å². The number of alkyl halides is 3. The molecule has 0 aliphatic rings. The predicted molar refractivity (Wildman–Crippen MR) is 62.9 cm³/mol. The maximum atomic E-state index is 12.6. The van der Waals surface area contributed by atoms with E-state index in [9.17, 15) is 13.2 Å². The smallest absolute Gasteiger partial charge is 0.385 e. The Hall–Kier alpha value is -0.840. The van der Waals surface area contributed by atoms with Crippen molar-refractivity contribution in [3.05, 3.63) is 29.8 Å². The zero-order valence-electron chi connectivity index (χ0n) is 8.97. The van der Waals surface area contributed by atoms with Gasteiger partial charge in [0.15, 0.2) is 0 Å². The van der Waals surface area contributed by atoms with Gasteiger partial charge in [-0.2, -0.15) is 24.9 Å². The Morgan fingerprint density at radius 1 is 1.25 bits per heavy atom. The zero-order valence-corrected chi connectivity index (χ0v) is 9.79. The summed E-state index contributed by atoms with van der Waals surface area (Å²) in [5, 5.41) is 2.82. The highest BCUT2D eigenvalue weighted by Crippen LogP contribution is 2.34. The minimum Gasteiger partial charge on any atom is -0.385 e. The molecule has 1 aromatic carbocycles. The monoisotopic (exact) mass is 249 g/mol. The van der Waals surface area contributed by atoms with Crippen molar-refractivity contribution in [3.63, 3.8) is 0 Å². The van der Waals surface area contributed by atoms with E-state index in [-0.39, 0.29) is 5.69 Å². The van der Waals surface area contributed by atoms with Crippen LogP contribution in [0.2, 0.25) is 0 Å². The van der Waals surface area contributed by atoms with E-state index < -0.39 is 11.7 Å². The van der Waals surface area contributed by atoms with E-state index in [1.54, 1.807) is 17.8 Å². The number of rotatable bonds is 5. The summed E-state index contributed by atoms with van der Waals surface area (Å²) >= 11 is 1.68. The van der Waals surface area contributed by atoms with E-state index in [0.717, 1.165) is 18.2 Å². The molecular weight excluding hydrogens is 235 g/mol. The molecule has 0 unspecified atom stereocenters. The minimum atomic E-state index is -4.29. The third-order valence-corrected chi connectivity index (χ3v) is 2.77. The van der Waals surface area contributed by atoms with Crippen molar-refractivity contribution in [2.24, 2.45) is 0 Å². The molecule has 0 bridgehead atoms. The van der Waals surface area contributed by atoms with Gasteiger partial charge in [0.25, 0.3) is 0 Å². The van der Waals surface area contributed by atoms with E-state index in [4.69, 9.17) is 0 Å². The first-order valence-electron chi connectivity index (χ1n) is 4.94. The van der Waals surface area contributed by atoms with Gasteiger partial charge in [-0.05, 0) is 30.6 Å². The molecule has 0 heterocycles. The van der Waals surface area contributed by atoms with Crippen LogP contribution in [0.3, 0.4) is 0 Å². The average Bonchev–Trinajstić information content (AvgIpc) is 2.24. The summed E-state index contributed by atoms with van der Waals surface area (Å²) in [5.74, 6) is 0.946. The van der Waals surface area contributed by atoms with Crippen LogP contribution < -0.4 is 5.32 Å². The Balaban J connectivity index is 2.65. The highest BCUT2D eigenvalue weighted by atomic mass is 32.2. The number of para-hydroxylation sites is 1. The summed E-state index contributed by atoms with van der Waals surface area (Å²) in [7, 11) is 0. The van der Waals surface area contributed by atoms with Crippen LogP contribution >= 0.6 is 11.8 Å². The van der Waals surface area contributed by atoms with Crippen molar-refractivity contribution in [1.82, 2.24) is 0 Å². The second kappa shape index (κ2) is 6.03. The van der Waals surface area contributed by atoms with E-state index in [1.807, 2.05) is 6.26 Å². The van der Waals surface area contributed by atoms with Gasteiger partial charge in [0.05, 0.1) is 5.56 Å². The molecule has 5 heteroatoms. The number of thioether (sulfide) groups is 1. The fraction of sp³-hybridized carbons (Fsp3) is 0.455.